The fraction of sp³-hybridized carbons (Fsp3) is 0.294. The lowest BCUT2D eigenvalue weighted by Crippen LogP contribution is -2.39. The predicted molar refractivity (Wildman–Crippen MR) is 90.2 cm³/mol. The highest BCUT2D eigenvalue weighted by Gasteiger charge is 2.29. The standard InChI is InChI=1S/C17H19N3O2S/c18-16(21)13-5-3-12(4-6-13)10-19-17(22)20-8-1-2-15(20)14-7-9-23-11-14/h3-7,9,11,15H,1-2,8,10H2,(H2,18,21)(H,19,22). The molecule has 1 aromatic carbocycles. The van der Waals surface area contributed by atoms with Gasteiger partial charge >= 0.3 is 6.03 Å². The number of amides is 3. The average molecular weight is 329 g/mol. The van der Waals surface area contributed by atoms with Crippen molar-refractivity contribution in [3.05, 3.63) is 57.8 Å². The van der Waals surface area contributed by atoms with Gasteiger partial charge in [-0.2, -0.15) is 11.3 Å². The van der Waals surface area contributed by atoms with Crippen LogP contribution in [0.1, 0.15) is 40.4 Å². The minimum atomic E-state index is -0.448. The van der Waals surface area contributed by atoms with Gasteiger partial charge in [-0.05, 0) is 52.9 Å². The molecular formula is C17H19N3O2S. The van der Waals surface area contributed by atoms with Gasteiger partial charge in [0.25, 0.3) is 0 Å². The van der Waals surface area contributed by atoms with Crippen LogP contribution in [0.25, 0.3) is 0 Å². The second-order valence-electron chi connectivity index (χ2n) is 5.63. The maximum absolute atomic E-state index is 12.4. The molecule has 23 heavy (non-hydrogen) atoms. The largest absolute Gasteiger partial charge is 0.366 e. The third-order valence-electron chi connectivity index (χ3n) is 4.12. The minimum Gasteiger partial charge on any atom is -0.366 e. The molecule has 1 aromatic heterocycles. The Labute approximate surface area is 139 Å². The predicted octanol–water partition coefficient (Wildman–Crippen LogP) is 2.89. The molecular weight excluding hydrogens is 310 g/mol. The molecule has 1 atom stereocenters. The molecule has 1 unspecified atom stereocenters. The number of carbonyl (C=O) groups excluding carboxylic acids is 2. The van der Waals surface area contributed by atoms with Crippen LogP contribution < -0.4 is 11.1 Å². The normalized spacial score (nSPS) is 17.2. The van der Waals surface area contributed by atoms with E-state index in [0.29, 0.717) is 12.1 Å². The quantitative estimate of drug-likeness (QED) is 0.905. The second-order valence-corrected chi connectivity index (χ2v) is 6.41. The lowest BCUT2D eigenvalue weighted by molar-refractivity contribution is 0.1000. The molecule has 3 rings (SSSR count). The van der Waals surface area contributed by atoms with Crippen molar-refractivity contribution in [2.75, 3.05) is 6.54 Å². The van der Waals surface area contributed by atoms with Gasteiger partial charge in [0.2, 0.25) is 5.91 Å². The molecule has 120 valence electrons. The Kier molecular flexibility index (Phi) is 4.62. The van der Waals surface area contributed by atoms with Crippen molar-refractivity contribution in [2.24, 2.45) is 5.73 Å². The molecule has 0 spiro atoms. The highest BCUT2D eigenvalue weighted by molar-refractivity contribution is 7.07. The second kappa shape index (κ2) is 6.83. The van der Waals surface area contributed by atoms with E-state index in [1.807, 2.05) is 10.3 Å². The van der Waals surface area contributed by atoms with E-state index >= 15 is 0 Å². The first kappa shape index (κ1) is 15.6. The summed E-state index contributed by atoms with van der Waals surface area (Å²) in [6.07, 6.45) is 2.04. The summed E-state index contributed by atoms with van der Waals surface area (Å²) in [5.74, 6) is -0.448. The summed E-state index contributed by atoms with van der Waals surface area (Å²) in [4.78, 5) is 25.4. The molecule has 1 fully saturated rings. The maximum atomic E-state index is 12.4. The summed E-state index contributed by atoms with van der Waals surface area (Å²) in [5.41, 5.74) is 7.84. The molecule has 2 aromatic rings. The summed E-state index contributed by atoms with van der Waals surface area (Å²) in [5, 5.41) is 7.11. The van der Waals surface area contributed by atoms with Crippen LogP contribution in [0.3, 0.4) is 0 Å². The van der Waals surface area contributed by atoms with Crippen LogP contribution in [0.5, 0.6) is 0 Å². The van der Waals surface area contributed by atoms with Gasteiger partial charge in [-0.3, -0.25) is 4.79 Å². The molecule has 3 N–H and O–H groups in total. The van der Waals surface area contributed by atoms with Gasteiger partial charge in [-0.1, -0.05) is 12.1 Å². The van der Waals surface area contributed by atoms with Crippen molar-refractivity contribution in [2.45, 2.75) is 25.4 Å². The van der Waals surface area contributed by atoms with E-state index in [4.69, 9.17) is 5.73 Å². The third kappa shape index (κ3) is 3.53. The van der Waals surface area contributed by atoms with Crippen LogP contribution in [-0.2, 0) is 6.54 Å². The van der Waals surface area contributed by atoms with Crippen molar-refractivity contribution in [1.82, 2.24) is 10.2 Å². The summed E-state index contributed by atoms with van der Waals surface area (Å²) < 4.78 is 0. The van der Waals surface area contributed by atoms with Gasteiger partial charge in [0.15, 0.2) is 0 Å². The molecule has 0 radical (unpaired) electrons. The van der Waals surface area contributed by atoms with Gasteiger partial charge in [-0.25, -0.2) is 4.79 Å². The first-order chi connectivity index (χ1) is 11.1. The molecule has 1 aliphatic rings. The minimum absolute atomic E-state index is 0.0438. The van der Waals surface area contributed by atoms with Crippen LogP contribution in [0.4, 0.5) is 4.79 Å². The van der Waals surface area contributed by atoms with Crippen LogP contribution in [0.15, 0.2) is 41.1 Å². The Hall–Kier alpha value is -2.34. The van der Waals surface area contributed by atoms with Gasteiger partial charge < -0.3 is 16.0 Å². The summed E-state index contributed by atoms with van der Waals surface area (Å²) in [6, 6.07) is 9.18. The lowest BCUT2D eigenvalue weighted by atomic mass is 10.1. The van der Waals surface area contributed by atoms with Gasteiger partial charge in [0, 0.05) is 18.7 Å². The highest BCUT2D eigenvalue weighted by atomic mass is 32.1. The maximum Gasteiger partial charge on any atom is 0.318 e. The van der Waals surface area contributed by atoms with E-state index in [0.717, 1.165) is 24.9 Å². The Morgan fingerprint density at radius 1 is 1.26 bits per heavy atom. The molecule has 6 heteroatoms. The molecule has 3 amide bonds. The Balaban J connectivity index is 1.59. The zero-order chi connectivity index (χ0) is 16.2. The van der Waals surface area contributed by atoms with E-state index < -0.39 is 5.91 Å². The van der Waals surface area contributed by atoms with E-state index in [1.165, 1.54) is 5.56 Å². The van der Waals surface area contributed by atoms with Gasteiger partial charge in [0.05, 0.1) is 6.04 Å². The number of nitrogens with zero attached hydrogens (tertiary/aromatic N) is 1. The Morgan fingerprint density at radius 2 is 2.04 bits per heavy atom. The number of urea groups is 1. The number of primary amides is 1. The van der Waals surface area contributed by atoms with Crippen LogP contribution in [-0.4, -0.2) is 23.4 Å². The molecule has 0 bridgehead atoms. The number of benzene rings is 1. The molecule has 0 aliphatic carbocycles. The number of hydrogen-bond donors (Lipinski definition) is 2. The number of hydrogen-bond acceptors (Lipinski definition) is 3. The van der Waals surface area contributed by atoms with Crippen LogP contribution in [0, 0.1) is 0 Å². The van der Waals surface area contributed by atoms with E-state index in [1.54, 1.807) is 35.6 Å². The number of rotatable bonds is 4. The SMILES string of the molecule is NC(=O)c1ccc(CNC(=O)N2CCCC2c2ccsc2)cc1. The number of thiophene rings is 1. The number of nitrogens with one attached hydrogen (secondary N) is 1. The summed E-state index contributed by atoms with van der Waals surface area (Å²) >= 11 is 1.66. The highest BCUT2D eigenvalue weighted by Crippen LogP contribution is 2.32. The zero-order valence-electron chi connectivity index (χ0n) is 12.7. The summed E-state index contributed by atoms with van der Waals surface area (Å²) in [7, 11) is 0. The van der Waals surface area contributed by atoms with E-state index in [9.17, 15) is 9.59 Å². The van der Waals surface area contributed by atoms with Crippen molar-refractivity contribution in [3.63, 3.8) is 0 Å². The lowest BCUT2D eigenvalue weighted by Gasteiger charge is -2.24. The van der Waals surface area contributed by atoms with E-state index in [-0.39, 0.29) is 12.1 Å². The van der Waals surface area contributed by atoms with Crippen molar-refractivity contribution < 1.29 is 9.59 Å². The smallest absolute Gasteiger partial charge is 0.318 e. The average Bonchev–Trinajstić information content (AvgIpc) is 3.23. The number of carbonyl (C=O) groups is 2. The monoisotopic (exact) mass is 329 g/mol. The Morgan fingerprint density at radius 3 is 2.70 bits per heavy atom. The molecule has 5 nitrogen and oxygen atoms in total. The molecule has 1 aliphatic heterocycles. The first-order valence-electron chi connectivity index (χ1n) is 7.60. The van der Waals surface area contributed by atoms with Gasteiger partial charge in [-0.15, -0.1) is 0 Å². The third-order valence-corrected chi connectivity index (χ3v) is 4.83. The fourth-order valence-corrected chi connectivity index (χ4v) is 3.59. The Bertz CT molecular complexity index is 682. The van der Waals surface area contributed by atoms with Crippen LogP contribution >= 0.6 is 11.3 Å². The van der Waals surface area contributed by atoms with Gasteiger partial charge in [0.1, 0.15) is 0 Å². The van der Waals surface area contributed by atoms with Crippen molar-refractivity contribution >= 4 is 23.3 Å². The molecule has 2 heterocycles. The fourth-order valence-electron chi connectivity index (χ4n) is 2.89. The first-order valence-corrected chi connectivity index (χ1v) is 8.55. The summed E-state index contributed by atoms with van der Waals surface area (Å²) in [6.45, 7) is 1.22. The van der Waals surface area contributed by atoms with E-state index in [2.05, 4.69) is 16.8 Å². The van der Waals surface area contributed by atoms with Crippen molar-refractivity contribution in [1.29, 1.82) is 0 Å². The zero-order valence-corrected chi connectivity index (χ0v) is 13.5. The topological polar surface area (TPSA) is 75.4 Å². The molecule has 1 saturated heterocycles. The van der Waals surface area contributed by atoms with Crippen LogP contribution in [0.2, 0.25) is 0 Å². The number of nitrogens with two attached hydrogens (primary N) is 1. The molecule has 0 saturated carbocycles. The number of likely N-dealkylation sites (tertiary alicyclic amines) is 1. The van der Waals surface area contributed by atoms with Crippen molar-refractivity contribution in [3.8, 4) is 0 Å².